The number of hydrogen-bond acceptors (Lipinski definition) is 3. The van der Waals surface area contributed by atoms with Crippen LogP contribution in [0.5, 0.6) is 0 Å². The Kier molecular flexibility index (Phi) is 4.54. The van der Waals surface area contributed by atoms with Gasteiger partial charge in [0.25, 0.3) is 11.6 Å². The molecule has 2 aromatic rings. The summed E-state index contributed by atoms with van der Waals surface area (Å²) >= 11 is 8.84. The van der Waals surface area contributed by atoms with Crippen LogP contribution >= 0.6 is 27.5 Å². The average molecular weight is 374 g/mol. The van der Waals surface area contributed by atoms with Crippen LogP contribution in [0.3, 0.4) is 0 Å². The highest BCUT2D eigenvalue weighted by Gasteiger charge is 2.15. The molecular weight excluding hydrogens is 367 g/mol. The van der Waals surface area contributed by atoms with E-state index < -0.39 is 16.6 Å². The standard InChI is InChI=1S/C13H7BrClFN2O3/c14-10-5-7(16)1-3-9(10)13(19)17-8-2-4-12(18(20)21)11(15)6-8/h1-6H,(H,17,19). The van der Waals surface area contributed by atoms with Crippen molar-refractivity contribution >= 4 is 44.8 Å². The first-order chi connectivity index (χ1) is 9.88. The minimum Gasteiger partial charge on any atom is -0.322 e. The molecule has 0 saturated carbocycles. The fourth-order valence-corrected chi connectivity index (χ4v) is 2.39. The number of rotatable bonds is 3. The molecule has 0 aliphatic heterocycles. The van der Waals surface area contributed by atoms with Gasteiger partial charge in [-0.25, -0.2) is 4.39 Å². The lowest BCUT2D eigenvalue weighted by Gasteiger charge is -2.07. The van der Waals surface area contributed by atoms with Crippen molar-refractivity contribution in [3.8, 4) is 0 Å². The molecule has 1 N–H and O–H groups in total. The van der Waals surface area contributed by atoms with E-state index in [4.69, 9.17) is 11.6 Å². The first-order valence-electron chi connectivity index (χ1n) is 5.59. The lowest BCUT2D eigenvalue weighted by atomic mass is 10.2. The third kappa shape index (κ3) is 3.56. The number of halogens is 3. The Labute approximate surface area is 132 Å². The lowest BCUT2D eigenvalue weighted by Crippen LogP contribution is -2.12. The van der Waals surface area contributed by atoms with Gasteiger partial charge in [0.05, 0.1) is 10.5 Å². The second kappa shape index (κ2) is 6.19. The van der Waals surface area contributed by atoms with E-state index in [1.165, 1.54) is 24.3 Å². The maximum absolute atomic E-state index is 13.0. The summed E-state index contributed by atoms with van der Waals surface area (Å²) in [5.74, 6) is -0.969. The van der Waals surface area contributed by atoms with Crippen LogP contribution in [0.4, 0.5) is 15.8 Å². The van der Waals surface area contributed by atoms with E-state index in [9.17, 15) is 19.3 Å². The molecule has 2 aromatic carbocycles. The van der Waals surface area contributed by atoms with Gasteiger partial charge in [0.2, 0.25) is 0 Å². The Balaban J connectivity index is 2.23. The molecule has 108 valence electrons. The fraction of sp³-hybridized carbons (Fsp3) is 0. The summed E-state index contributed by atoms with van der Waals surface area (Å²) in [4.78, 5) is 22.1. The summed E-state index contributed by atoms with van der Waals surface area (Å²) in [6.45, 7) is 0. The minimum atomic E-state index is -0.621. The summed E-state index contributed by atoms with van der Waals surface area (Å²) in [7, 11) is 0. The highest BCUT2D eigenvalue weighted by molar-refractivity contribution is 9.10. The molecule has 0 spiro atoms. The zero-order chi connectivity index (χ0) is 15.6. The van der Waals surface area contributed by atoms with Crippen molar-refractivity contribution in [1.29, 1.82) is 0 Å². The number of nitrogens with one attached hydrogen (secondary N) is 1. The number of benzene rings is 2. The van der Waals surface area contributed by atoms with Gasteiger partial charge in [0.15, 0.2) is 0 Å². The predicted octanol–water partition coefficient (Wildman–Crippen LogP) is 4.40. The average Bonchev–Trinajstić information content (AvgIpc) is 2.37. The van der Waals surface area contributed by atoms with Crippen molar-refractivity contribution in [2.75, 3.05) is 5.32 Å². The van der Waals surface area contributed by atoms with E-state index in [2.05, 4.69) is 21.2 Å². The number of hydrogen-bond donors (Lipinski definition) is 1. The van der Waals surface area contributed by atoms with Crippen LogP contribution in [0.15, 0.2) is 40.9 Å². The molecule has 0 bridgehead atoms. The Morgan fingerprint density at radius 3 is 2.57 bits per heavy atom. The Morgan fingerprint density at radius 2 is 2.00 bits per heavy atom. The molecule has 2 rings (SSSR count). The summed E-state index contributed by atoms with van der Waals surface area (Å²) in [5, 5.41) is 13.1. The number of nitrogens with zero attached hydrogens (tertiary/aromatic N) is 1. The Morgan fingerprint density at radius 1 is 1.29 bits per heavy atom. The van der Waals surface area contributed by atoms with Gasteiger partial charge in [-0.3, -0.25) is 14.9 Å². The molecule has 0 aromatic heterocycles. The molecule has 0 fully saturated rings. The maximum atomic E-state index is 13.0. The zero-order valence-electron chi connectivity index (χ0n) is 10.3. The number of carbonyl (C=O) groups excluding carboxylic acids is 1. The second-order valence-electron chi connectivity index (χ2n) is 4.00. The zero-order valence-corrected chi connectivity index (χ0v) is 12.6. The van der Waals surface area contributed by atoms with Crippen LogP contribution in [0.2, 0.25) is 5.02 Å². The minimum absolute atomic E-state index is 0.0871. The van der Waals surface area contributed by atoms with Gasteiger partial charge in [-0.2, -0.15) is 0 Å². The third-order valence-electron chi connectivity index (χ3n) is 2.58. The van der Waals surface area contributed by atoms with E-state index in [1.54, 1.807) is 0 Å². The number of anilines is 1. The monoisotopic (exact) mass is 372 g/mol. The maximum Gasteiger partial charge on any atom is 0.288 e. The molecular formula is C13H7BrClFN2O3. The first kappa shape index (κ1) is 15.4. The molecule has 8 heteroatoms. The predicted molar refractivity (Wildman–Crippen MR) is 80.2 cm³/mol. The molecule has 0 atom stereocenters. The molecule has 0 unspecified atom stereocenters. The van der Waals surface area contributed by atoms with Crippen LogP contribution < -0.4 is 5.32 Å². The lowest BCUT2D eigenvalue weighted by molar-refractivity contribution is -0.384. The van der Waals surface area contributed by atoms with Crippen molar-refractivity contribution in [3.63, 3.8) is 0 Å². The van der Waals surface area contributed by atoms with E-state index >= 15 is 0 Å². The van der Waals surface area contributed by atoms with Crippen molar-refractivity contribution < 1.29 is 14.1 Å². The largest absolute Gasteiger partial charge is 0.322 e. The van der Waals surface area contributed by atoms with Crippen molar-refractivity contribution in [2.24, 2.45) is 0 Å². The number of carbonyl (C=O) groups is 1. The first-order valence-corrected chi connectivity index (χ1v) is 6.76. The number of amides is 1. The fourth-order valence-electron chi connectivity index (χ4n) is 1.60. The number of nitro groups is 1. The summed E-state index contributed by atoms with van der Waals surface area (Å²) < 4.78 is 13.3. The van der Waals surface area contributed by atoms with E-state index in [0.717, 1.165) is 12.1 Å². The normalized spacial score (nSPS) is 10.2. The molecule has 1 amide bonds. The van der Waals surface area contributed by atoms with Crippen LogP contribution in [0.25, 0.3) is 0 Å². The van der Waals surface area contributed by atoms with Crippen LogP contribution in [-0.2, 0) is 0 Å². The van der Waals surface area contributed by atoms with Crippen LogP contribution in [-0.4, -0.2) is 10.8 Å². The van der Waals surface area contributed by atoms with Gasteiger partial charge in [0.1, 0.15) is 10.8 Å². The molecule has 0 aliphatic carbocycles. The quantitative estimate of drug-likeness (QED) is 0.640. The van der Waals surface area contributed by atoms with Gasteiger partial charge in [-0.1, -0.05) is 11.6 Å². The highest BCUT2D eigenvalue weighted by Crippen LogP contribution is 2.28. The van der Waals surface area contributed by atoms with Crippen molar-refractivity contribution in [3.05, 3.63) is 67.4 Å². The summed E-state index contributed by atoms with van der Waals surface area (Å²) in [5.41, 5.74) is 0.273. The highest BCUT2D eigenvalue weighted by atomic mass is 79.9. The van der Waals surface area contributed by atoms with Crippen LogP contribution in [0.1, 0.15) is 10.4 Å². The van der Waals surface area contributed by atoms with E-state index in [1.807, 2.05) is 0 Å². The molecule has 21 heavy (non-hydrogen) atoms. The van der Waals surface area contributed by atoms with E-state index in [-0.39, 0.29) is 16.3 Å². The van der Waals surface area contributed by atoms with Gasteiger partial charge in [-0.05, 0) is 46.3 Å². The van der Waals surface area contributed by atoms with E-state index in [0.29, 0.717) is 10.2 Å². The van der Waals surface area contributed by atoms with Crippen molar-refractivity contribution in [2.45, 2.75) is 0 Å². The van der Waals surface area contributed by atoms with Gasteiger partial charge in [-0.15, -0.1) is 0 Å². The van der Waals surface area contributed by atoms with Gasteiger partial charge < -0.3 is 5.32 Å². The summed E-state index contributed by atoms with van der Waals surface area (Å²) in [6, 6.07) is 7.47. The molecule has 0 aliphatic rings. The van der Waals surface area contributed by atoms with Gasteiger partial charge >= 0.3 is 0 Å². The topological polar surface area (TPSA) is 72.2 Å². The van der Waals surface area contributed by atoms with Gasteiger partial charge in [0, 0.05) is 16.2 Å². The molecule has 0 saturated heterocycles. The molecule has 0 heterocycles. The van der Waals surface area contributed by atoms with Crippen molar-refractivity contribution in [1.82, 2.24) is 0 Å². The molecule has 5 nitrogen and oxygen atoms in total. The Hall–Kier alpha value is -1.99. The Bertz CT molecular complexity index is 739. The second-order valence-corrected chi connectivity index (χ2v) is 5.26. The SMILES string of the molecule is O=C(Nc1ccc([N+](=O)[O-])c(Cl)c1)c1ccc(F)cc1Br. The summed E-state index contributed by atoms with van der Waals surface area (Å²) in [6.07, 6.45) is 0. The molecule has 0 radical (unpaired) electrons. The number of nitro benzene ring substituents is 1. The third-order valence-corrected chi connectivity index (χ3v) is 3.54. The smallest absolute Gasteiger partial charge is 0.288 e. The van der Waals surface area contributed by atoms with Crippen LogP contribution in [0, 0.1) is 15.9 Å².